The Kier molecular flexibility index (Phi) is 16.0. The molecule has 12 rings (SSSR count). The lowest BCUT2D eigenvalue weighted by molar-refractivity contribution is -0.135. The first-order chi connectivity index (χ1) is 35.7. The lowest BCUT2D eigenvalue weighted by atomic mass is 9.87. The molecule has 14 nitrogen and oxygen atoms in total. The molecule has 4 bridgehead atoms. The predicted molar refractivity (Wildman–Crippen MR) is 279 cm³/mol. The zero-order valence-corrected chi connectivity index (χ0v) is 42.9. The van der Waals surface area contributed by atoms with E-state index in [1.165, 1.54) is 47.5 Å². The Morgan fingerprint density at radius 3 is 1.42 bits per heavy atom. The first kappa shape index (κ1) is 52.1. The van der Waals surface area contributed by atoms with Crippen LogP contribution in [0.25, 0.3) is 44.3 Å². The number of aromatic amines is 2. The summed E-state index contributed by atoms with van der Waals surface area (Å²) in [7, 11) is 2.40. The summed E-state index contributed by atoms with van der Waals surface area (Å²) in [6.45, 7) is -0.577. The van der Waals surface area contributed by atoms with Gasteiger partial charge in [0, 0.05) is 37.1 Å². The van der Waals surface area contributed by atoms with Crippen molar-refractivity contribution < 1.29 is 46.2 Å². The lowest BCUT2D eigenvalue weighted by Crippen LogP contribution is -2.48. The highest BCUT2D eigenvalue weighted by Crippen LogP contribution is 2.41. The molecule has 6 aliphatic rings. The van der Waals surface area contributed by atoms with Crippen LogP contribution in [0.4, 0.5) is 27.2 Å². The fourth-order valence-electron chi connectivity index (χ4n) is 10.3. The van der Waals surface area contributed by atoms with E-state index in [9.17, 15) is 36.7 Å². The number of nitrogens with one attached hydrogen (secondary N) is 4. The molecule has 4 unspecified atom stereocenters. The highest BCUT2D eigenvalue weighted by Gasteiger charge is 2.41. The second-order valence-electron chi connectivity index (χ2n) is 18.7. The number of alkyl carbamates (subject to hydrolysis) is 2. The number of H-pyrrole nitrogens is 2. The van der Waals surface area contributed by atoms with Crippen LogP contribution >= 0.6 is 23.5 Å². The predicted octanol–water partition coefficient (Wildman–Crippen LogP) is 10.5. The molecule has 0 saturated carbocycles. The molecule has 0 spiro atoms. The van der Waals surface area contributed by atoms with Crippen molar-refractivity contribution in [1.82, 2.24) is 40.4 Å². The van der Waals surface area contributed by atoms with Crippen LogP contribution in [0.15, 0.2) is 96.1 Å². The van der Waals surface area contributed by atoms with E-state index in [-0.39, 0.29) is 49.9 Å². The molecule has 0 radical (unpaired) electrons. The summed E-state index contributed by atoms with van der Waals surface area (Å²) < 4.78 is 66.2. The number of carbonyl (C=O) groups is 4. The quantitative estimate of drug-likeness (QED) is 0.0769. The number of imidazole rings is 2. The molecule has 4 atom stereocenters. The van der Waals surface area contributed by atoms with E-state index in [4.69, 9.17) is 19.4 Å². The second-order valence-corrected chi connectivity index (χ2v) is 20.7. The number of fused-ring (bicyclic) bond motifs is 2. The maximum atomic E-state index is 14.2. The van der Waals surface area contributed by atoms with Crippen molar-refractivity contribution in [3.8, 4) is 22.3 Å². The second kappa shape index (κ2) is 22.8. The minimum absolute atomic E-state index is 0.103. The summed E-state index contributed by atoms with van der Waals surface area (Å²) in [5.74, 6) is 0.877. The van der Waals surface area contributed by atoms with Crippen molar-refractivity contribution in [3.63, 3.8) is 0 Å². The highest BCUT2D eigenvalue weighted by molar-refractivity contribution is 7.98. The smallest absolute Gasteiger partial charge is 0.407 e. The number of amides is 4. The van der Waals surface area contributed by atoms with Gasteiger partial charge < -0.3 is 39.9 Å². The Balaban J connectivity index is 0.962. The largest absolute Gasteiger partial charge is 0.453 e. The number of ether oxygens (including phenoxy) is 2. The Labute approximate surface area is 433 Å². The molecule has 2 aromatic heterocycles. The number of benzene rings is 4. The Hall–Kier alpha value is -6.80. The van der Waals surface area contributed by atoms with Gasteiger partial charge in [0.2, 0.25) is 11.8 Å². The van der Waals surface area contributed by atoms with Crippen molar-refractivity contribution in [2.75, 3.05) is 51.3 Å². The molecule has 4 N–H and O–H groups in total. The summed E-state index contributed by atoms with van der Waals surface area (Å²) in [6, 6.07) is 21.5. The van der Waals surface area contributed by atoms with E-state index in [2.05, 4.69) is 57.0 Å². The number of nitrogens with zero attached hydrogens (tertiary/aromatic N) is 4. The molecule has 4 aromatic carbocycles. The Morgan fingerprint density at radius 1 is 0.622 bits per heavy atom. The van der Waals surface area contributed by atoms with Gasteiger partial charge in [-0.25, -0.2) is 19.6 Å². The van der Waals surface area contributed by atoms with Crippen molar-refractivity contribution in [2.24, 2.45) is 0 Å². The Morgan fingerprint density at radius 2 is 1.04 bits per heavy atom. The van der Waals surface area contributed by atoms with Gasteiger partial charge in [0.25, 0.3) is 12.2 Å². The lowest BCUT2D eigenvalue weighted by Gasteiger charge is -2.27. The van der Waals surface area contributed by atoms with E-state index in [1.54, 1.807) is 0 Å². The van der Waals surface area contributed by atoms with Crippen LogP contribution in [-0.4, -0.2) is 117 Å². The number of carbonyl (C=O) groups excluding carboxylic acids is 4. The fraction of sp³-hybridized carbons (Fsp3) is 0.370. The van der Waals surface area contributed by atoms with Gasteiger partial charge >= 0.3 is 12.2 Å². The molecule has 6 aromatic rings. The van der Waals surface area contributed by atoms with Crippen LogP contribution in [0.3, 0.4) is 0 Å². The van der Waals surface area contributed by atoms with Gasteiger partial charge in [-0.2, -0.15) is 41.1 Å². The third kappa shape index (κ3) is 11.2. The summed E-state index contributed by atoms with van der Waals surface area (Å²) in [6.07, 6.45) is 1.81. The zero-order valence-electron chi connectivity index (χ0n) is 41.3. The van der Waals surface area contributed by atoms with E-state index in [0.29, 0.717) is 45.2 Å². The van der Waals surface area contributed by atoms with Gasteiger partial charge in [0.15, 0.2) is 0 Å². The summed E-state index contributed by atoms with van der Waals surface area (Å²) in [5, 5.41) is 5.18. The molecule has 20 heteroatoms. The van der Waals surface area contributed by atoms with Crippen molar-refractivity contribution in [1.29, 1.82) is 0 Å². The molecule has 74 heavy (non-hydrogen) atoms. The number of likely N-dealkylation sites (tertiary alicyclic amines) is 2. The Bertz CT molecular complexity index is 2980. The summed E-state index contributed by atoms with van der Waals surface area (Å²) >= 11 is 3.00. The number of hydrogen-bond donors (Lipinski definition) is 4. The number of rotatable bonds is 14. The highest BCUT2D eigenvalue weighted by atomic mass is 32.2. The maximum Gasteiger partial charge on any atom is 0.407 e. The van der Waals surface area contributed by atoms with Crippen molar-refractivity contribution in [3.05, 3.63) is 130 Å². The van der Waals surface area contributed by atoms with Gasteiger partial charge in [-0.1, -0.05) is 48.5 Å². The number of aromatic nitrogens is 4. The average Bonchev–Trinajstić information content (AvgIpc) is 4.23. The van der Waals surface area contributed by atoms with Crippen LogP contribution in [-0.2, 0) is 44.7 Å². The van der Waals surface area contributed by atoms with Crippen LogP contribution < -0.4 is 10.6 Å². The van der Waals surface area contributed by atoms with E-state index in [1.807, 2.05) is 48.9 Å². The maximum absolute atomic E-state index is 14.2. The average molecular weight is 1050 g/mol. The first-order valence-corrected chi connectivity index (χ1v) is 27.1. The van der Waals surface area contributed by atoms with Crippen LogP contribution in [0, 0.1) is 0 Å². The third-order valence-electron chi connectivity index (χ3n) is 14.2. The molecule has 4 amide bonds. The summed E-state index contributed by atoms with van der Waals surface area (Å²) in [4.78, 5) is 71.4. The fourth-order valence-corrected chi connectivity index (χ4v) is 11.2. The van der Waals surface area contributed by atoms with Crippen LogP contribution in [0.1, 0.15) is 71.7 Å². The normalized spacial score (nSPS) is 17.4. The SMILES string of the molecule is COC(=O)NC(CCSC)C(=O)N1CC(=C(F)F)CC1c1nc2ccc(-c3cc4ccc3CCc3ccc(c(-c5ccc6nc(C7CC(=C(F)F)CN7C(=O)C(CCSC)NC(=O)OC)[nH]c6c5)c3)CC4)cc2[nH]1. The molecular weight excluding hydrogens is 997 g/mol. The number of hydrogen-bond acceptors (Lipinski definition) is 10. The standard InChI is InChI=1S/C54H56F4N8O6S2/c1-71-53(69)63-41(17-19-73-3)51(67)65-27-35(47(55)56)25-45(65)49-59-39-15-13-33(23-43(39)61-49)37-21-29-5-9-31(37)11-7-30-6-10-32(12-8-29)38(22-30)34-14-16-40-44(24-34)62-50(60-40)46-26-36(48(57)58)28-66(46)52(68)42(18-20-74-4)64-54(70)72-2/h5-6,9-10,13-16,21-24,41-42,45-46H,7-8,11-12,17-20,25-28H2,1-4H3,(H,59,61)(H,60,62)(H,63,69)(H,64,70). The van der Waals surface area contributed by atoms with E-state index in [0.717, 1.165) is 70.2 Å². The van der Waals surface area contributed by atoms with Gasteiger partial charge in [-0.15, -0.1) is 0 Å². The summed E-state index contributed by atoms with van der Waals surface area (Å²) in [5.41, 5.74) is 10.9. The molecule has 4 aliphatic carbocycles. The van der Waals surface area contributed by atoms with E-state index >= 15 is 0 Å². The van der Waals surface area contributed by atoms with Gasteiger partial charge in [0.05, 0.1) is 48.4 Å². The van der Waals surface area contributed by atoms with Gasteiger partial charge in [-0.05, 0) is 131 Å². The topological polar surface area (TPSA) is 175 Å². The molecule has 4 heterocycles. The number of aryl methyl sites for hydroxylation is 4. The minimum atomic E-state index is -1.84. The van der Waals surface area contributed by atoms with Crippen LogP contribution in [0.2, 0.25) is 0 Å². The monoisotopic (exact) mass is 1050 g/mol. The van der Waals surface area contributed by atoms with Gasteiger partial charge in [0.1, 0.15) is 23.7 Å². The molecule has 2 saturated heterocycles. The van der Waals surface area contributed by atoms with E-state index < -0.39 is 60.3 Å². The van der Waals surface area contributed by atoms with Gasteiger partial charge in [-0.3, -0.25) is 9.59 Å². The van der Waals surface area contributed by atoms with Crippen molar-refractivity contribution >= 4 is 69.6 Å². The minimum Gasteiger partial charge on any atom is -0.453 e. The van der Waals surface area contributed by atoms with Crippen molar-refractivity contribution in [2.45, 2.75) is 75.5 Å². The first-order valence-electron chi connectivity index (χ1n) is 24.3. The number of thioether (sulfide) groups is 2. The number of methoxy groups -OCH3 is 2. The zero-order chi connectivity index (χ0) is 52.2. The molecular formula is C54H56F4N8O6S2. The third-order valence-corrected chi connectivity index (χ3v) is 15.5. The number of halogens is 4. The molecule has 2 fully saturated rings. The molecule has 2 aliphatic heterocycles. The molecule has 388 valence electrons. The van der Waals surface area contributed by atoms with Crippen LogP contribution in [0.5, 0.6) is 0 Å².